The van der Waals surface area contributed by atoms with E-state index in [1.165, 1.54) is 31.5 Å². The lowest BCUT2D eigenvalue weighted by molar-refractivity contribution is -0.151. The van der Waals surface area contributed by atoms with Gasteiger partial charge in [0.1, 0.15) is 17.2 Å². The number of carbonyl (C=O) groups excluding carboxylic acids is 1. The molecule has 3 heterocycles. The number of rotatable bonds is 6. The molecule has 2 fully saturated rings. The summed E-state index contributed by atoms with van der Waals surface area (Å²) in [5.74, 6) is -1.36. The van der Waals surface area contributed by atoms with Gasteiger partial charge in [-0.05, 0) is 30.7 Å². The zero-order valence-corrected chi connectivity index (χ0v) is 19.8. The van der Waals surface area contributed by atoms with Crippen LogP contribution in [0.3, 0.4) is 0 Å². The number of aromatic nitrogens is 1. The maximum absolute atomic E-state index is 13.6. The summed E-state index contributed by atoms with van der Waals surface area (Å²) in [6, 6.07) is 6.10. The van der Waals surface area contributed by atoms with Crippen molar-refractivity contribution in [1.82, 2.24) is 15.2 Å². The predicted octanol–water partition coefficient (Wildman–Crippen LogP) is 1.77. The number of aliphatic carboxylic acids is 1. The van der Waals surface area contributed by atoms with Crippen LogP contribution in [0.1, 0.15) is 12.1 Å². The van der Waals surface area contributed by atoms with Crippen LogP contribution in [0.25, 0.3) is 0 Å². The SMILES string of the molecule is COc1ccc(S(=O)(=O)[C@@H]2C[C@H](C(=O)O)N(C(=O)C3(c4ccc(Cl)cn4)CNC3)C2)c(Cl)c1. The fourth-order valence-electron chi connectivity index (χ4n) is 4.25. The van der Waals surface area contributed by atoms with Gasteiger partial charge in [0, 0.05) is 31.9 Å². The van der Waals surface area contributed by atoms with E-state index in [9.17, 15) is 23.1 Å². The van der Waals surface area contributed by atoms with Crippen molar-refractivity contribution >= 4 is 44.9 Å². The van der Waals surface area contributed by atoms with Crippen LogP contribution in [0.4, 0.5) is 0 Å². The van der Waals surface area contributed by atoms with Gasteiger partial charge in [0.2, 0.25) is 5.91 Å². The monoisotopic (exact) mass is 513 g/mol. The number of methoxy groups -OCH3 is 1. The summed E-state index contributed by atoms with van der Waals surface area (Å²) in [6.07, 6.45) is 1.17. The third kappa shape index (κ3) is 4.05. The van der Waals surface area contributed by atoms with E-state index < -0.39 is 38.4 Å². The number of benzene rings is 1. The van der Waals surface area contributed by atoms with Crippen LogP contribution in [0, 0.1) is 0 Å². The minimum absolute atomic E-state index is 0.0315. The Bertz CT molecular complexity index is 1200. The highest BCUT2D eigenvalue weighted by Crippen LogP contribution is 2.37. The number of amides is 1. The molecule has 1 amide bonds. The normalized spacial score (nSPS) is 22.0. The maximum Gasteiger partial charge on any atom is 0.326 e. The summed E-state index contributed by atoms with van der Waals surface area (Å²) in [5.41, 5.74) is -0.640. The minimum atomic E-state index is -4.03. The molecule has 4 rings (SSSR count). The molecule has 2 aliphatic rings. The smallest absolute Gasteiger partial charge is 0.326 e. The Morgan fingerprint density at radius 3 is 2.48 bits per heavy atom. The Morgan fingerprint density at radius 1 is 1.24 bits per heavy atom. The first kappa shape index (κ1) is 23.7. The summed E-state index contributed by atoms with van der Waals surface area (Å²) < 4.78 is 31.7. The number of carboxylic acids is 1. The van der Waals surface area contributed by atoms with Crippen molar-refractivity contribution in [2.24, 2.45) is 0 Å². The third-order valence-corrected chi connectivity index (χ3v) is 9.01. The van der Waals surface area contributed by atoms with E-state index in [1.54, 1.807) is 12.1 Å². The van der Waals surface area contributed by atoms with E-state index in [2.05, 4.69) is 10.3 Å². The molecule has 2 saturated heterocycles. The maximum atomic E-state index is 13.6. The average molecular weight is 514 g/mol. The van der Waals surface area contributed by atoms with Crippen molar-refractivity contribution in [3.05, 3.63) is 52.3 Å². The Kier molecular flexibility index (Phi) is 6.30. The largest absolute Gasteiger partial charge is 0.497 e. The highest BCUT2D eigenvalue weighted by atomic mass is 35.5. The Hall–Kier alpha value is -2.40. The molecule has 0 aliphatic carbocycles. The van der Waals surface area contributed by atoms with Gasteiger partial charge in [-0.25, -0.2) is 13.2 Å². The van der Waals surface area contributed by atoms with Crippen molar-refractivity contribution in [1.29, 1.82) is 0 Å². The van der Waals surface area contributed by atoms with E-state index in [0.717, 1.165) is 4.90 Å². The zero-order chi connectivity index (χ0) is 24.0. The highest BCUT2D eigenvalue weighted by Gasteiger charge is 2.55. The molecule has 2 aromatic rings. The predicted molar refractivity (Wildman–Crippen MR) is 121 cm³/mol. The molecule has 12 heteroatoms. The van der Waals surface area contributed by atoms with Crippen LogP contribution < -0.4 is 10.1 Å². The number of nitrogens with one attached hydrogen (secondary N) is 1. The molecule has 2 atom stereocenters. The number of likely N-dealkylation sites (tertiary alicyclic amines) is 1. The fraction of sp³-hybridized carbons (Fsp3) is 0.381. The number of pyridine rings is 1. The number of ether oxygens (including phenoxy) is 1. The van der Waals surface area contributed by atoms with Crippen molar-refractivity contribution in [2.45, 2.75) is 28.0 Å². The lowest BCUT2D eigenvalue weighted by Gasteiger charge is -2.43. The van der Waals surface area contributed by atoms with Crippen molar-refractivity contribution < 1.29 is 27.9 Å². The van der Waals surface area contributed by atoms with Gasteiger partial charge in [-0.3, -0.25) is 9.78 Å². The second-order valence-corrected chi connectivity index (χ2v) is 11.1. The lowest BCUT2D eigenvalue weighted by atomic mass is 9.76. The van der Waals surface area contributed by atoms with Gasteiger partial charge in [0.15, 0.2) is 9.84 Å². The molecule has 9 nitrogen and oxygen atoms in total. The molecule has 2 aliphatic heterocycles. The average Bonchev–Trinajstić information content (AvgIpc) is 3.20. The molecule has 0 radical (unpaired) electrons. The van der Waals surface area contributed by atoms with Gasteiger partial charge >= 0.3 is 5.97 Å². The Labute approximate surface area is 200 Å². The number of sulfone groups is 1. The molecule has 1 aromatic heterocycles. The molecule has 1 aromatic carbocycles. The van der Waals surface area contributed by atoms with Gasteiger partial charge in [-0.15, -0.1) is 0 Å². The molecular weight excluding hydrogens is 493 g/mol. The quantitative estimate of drug-likeness (QED) is 0.598. The lowest BCUT2D eigenvalue weighted by Crippen LogP contribution is -2.66. The number of carbonyl (C=O) groups is 2. The molecule has 2 N–H and O–H groups in total. The van der Waals surface area contributed by atoms with E-state index in [4.69, 9.17) is 27.9 Å². The first-order valence-corrected chi connectivity index (χ1v) is 12.3. The molecule has 0 spiro atoms. The summed E-state index contributed by atoms with van der Waals surface area (Å²) in [5, 5.41) is 12.1. The summed E-state index contributed by atoms with van der Waals surface area (Å²) in [7, 11) is -2.60. The molecule has 0 saturated carbocycles. The Balaban J connectivity index is 1.66. The van der Waals surface area contributed by atoms with E-state index in [-0.39, 0.29) is 36.0 Å². The summed E-state index contributed by atoms with van der Waals surface area (Å²) in [6.45, 7) is 0.242. The zero-order valence-electron chi connectivity index (χ0n) is 17.5. The van der Waals surface area contributed by atoms with Gasteiger partial charge in [-0.2, -0.15) is 0 Å². The van der Waals surface area contributed by atoms with Crippen LogP contribution in [0.15, 0.2) is 41.4 Å². The standard InChI is InChI=1S/C21H21Cl2N3O6S/c1-32-13-3-4-17(15(23)6-13)33(30,31)14-7-16(19(27)28)26(9-14)20(29)21(10-24-11-21)18-5-2-12(22)8-25-18/h2-6,8,14,16,24H,7,9-11H2,1H3,(H,27,28)/t14-,16-/m1/s1. The molecule has 176 valence electrons. The van der Waals surface area contributed by atoms with E-state index in [1.807, 2.05) is 0 Å². The van der Waals surface area contributed by atoms with Gasteiger partial charge in [0.25, 0.3) is 0 Å². The second-order valence-electron chi connectivity index (χ2n) is 8.06. The van der Waals surface area contributed by atoms with Crippen LogP contribution in [-0.2, 0) is 24.8 Å². The number of hydrogen-bond acceptors (Lipinski definition) is 7. The van der Waals surface area contributed by atoms with Gasteiger partial charge in [0.05, 0.1) is 33.0 Å². The first-order valence-electron chi connectivity index (χ1n) is 10.0. The van der Waals surface area contributed by atoms with Crippen LogP contribution in [-0.4, -0.2) is 73.3 Å². The molecule has 0 unspecified atom stereocenters. The fourth-order valence-corrected chi connectivity index (χ4v) is 6.60. The van der Waals surface area contributed by atoms with Crippen molar-refractivity contribution in [3.8, 4) is 5.75 Å². The van der Waals surface area contributed by atoms with Crippen LogP contribution in [0.5, 0.6) is 5.75 Å². The number of nitrogens with zero attached hydrogens (tertiary/aromatic N) is 2. The Morgan fingerprint density at radius 2 is 1.97 bits per heavy atom. The third-order valence-electron chi connectivity index (χ3n) is 6.17. The van der Waals surface area contributed by atoms with E-state index >= 15 is 0 Å². The summed E-state index contributed by atoms with van der Waals surface area (Å²) in [4.78, 5) is 30.9. The minimum Gasteiger partial charge on any atom is -0.497 e. The van der Waals surface area contributed by atoms with Crippen LogP contribution in [0.2, 0.25) is 10.0 Å². The second kappa shape index (κ2) is 8.75. The van der Waals surface area contributed by atoms with Gasteiger partial charge in [-0.1, -0.05) is 23.2 Å². The van der Waals surface area contributed by atoms with Gasteiger partial charge < -0.3 is 20.1 Å². The summed E-state index contributed by atoms with van der Waals surface area (Å²) >= 11 is 12.1. The molecule has 33 heavy (non-hydrogen) atoms. The number of hydrogen-bond donors (Lipinski definition) is 2. The van der Waals surface area contributed by atoms with Crippen molar-refractivity contribution in [3.63, 3.8) is 0 Å². The number of carboxylic acid groups (broad SMARTS) is 1. The molecule has 0 bridgehead atoms. The van der Waals surface area contributed by atoms with Crippen LogP contribution >= 0.6 is 23.2 Å². The number of halogens is 2. The first-order chi connectivity index (χ1) is 15.6. The topological polar surface area (TPSA) is 126 Å². The highest BCUT2D eigenvalue weighted by molar-refractivity contribution is 7.92. The molecular formula is C21H21Cl2N3O6S. The van der Waals surface area contributed by atoms with Crippen molar-refractivity contribution in [2.75, 3.05) is 26.7 Å². The van der Waals surface area contributed by atoms with E-state index in [0.29, 0.717) is 16.5 Å².